The molecule has 1 aromatic carbocycles. The number of carbonyl (C=O) groups excluding carboxylic acids is 1. The lowest BCUT2D eigenvalue weighted by Gasteiger charge is -2.34. The number of hydrogen-bond donors (Lipinski definition) is 1. The van der Waals surface area contributed by atoms with Gasteiger partial charge in [-0.2, -0.15) is 0 Å². The van der Waals surface area contributed by atoms with Gasteiger partial charge in [0.1, 0.15) is 0 Å². The molecule has 1 aromatic heterocycles. The van der Waals surface area contributed by atoms with Gasteiger partial charge in [-0.1, -0.05) is 18.2 Å². The highest BCUT2D eigenvalue weighted by molar-refractivity contribution is 5.86. The van der Waals surface area contributed by atoms with E-state index in [-0.39, 0.29) is 5.91 Å². The second-order valence-corrected chi connectivity index (χ2v) is 6.77. The van der Waals surface area contributed by atoms with Gasteiger partial charge in [0.25, 0.3) is 0 Å². The van der Waals surface area contributed by atoms with Crippen LogP contribution in [0.4, 0.5) is 0 Å². The van der Waals surface area contributed by atoms with Gasteiger partial charge in [0.05, 0.1) is 13.1 Å². The monoisotopic (exact) mass is 312 g/mol. The number of aromatic amines is 1. The molecule has 5 nitrogen and oxygen atoms in total. The average Bonchev–Trinajstić information content (AvgIpc) is 2.94. The summed E-state index contributed by atoms with van der Waals surface area (Å²) < 4.78 is 0. The van der Waals surface area contributed by atoms with Crippen LogP contribution in [0.2, 0.25) is 0 Å². The van der Waals surface area contributed by atoms with E-state index in [0.717, 1.165) is 45.7 Å². The Bertz CT molecular complexity index is 715. The average molecular weight is 312 g/mol. The highest BCUT2D eigenvalue weighted by atomic mass is 16.2. The van der Waals surface area contributed by atoms with E-state index in [1.807, 2.05) is 4.90 Å². The van der Waals surface area contributed by atoms with Crippen molar-refractivity contribution in [1.29, 1.82) is 0 Å². The fraction of sp³-hybridized carbons (Fsp3) is 0.500. The number of carbonyl (C=O) groups is 1. The molecule has 2 aliphatic heterocycles. The Morgan fingerprint density at radius 1 is 1.13 bits per heavy atom. The zero-order chi connectivity index (χ0) is 15.8. The second kappa shape index (κ2) is 5.98. The number of amides is 1. The molecule has 1 fully saturated rings. The second-order valence-electron chi connectivity index (χ2n) is 6.77. The molecular formula is C18H24N4O. The van der Waals surface area contributed by atoms with Crippen molar-refractivity contribution in [2.75, 3.05) is 46.3 Å². The van der Waals surface area contributed by atoms with E-state index in [0.29, 0.717) is 6.54 Å². The first-order valence-electron chi connectivity index (χ1n) is 8.48. The zero-order valence-electron chi connectivity index (χ0n) is 13.7. The Morgan fingerprint density at radius 2 is 1.91 bits per heavy atom. The Hall–Kier alpha value is -1.85. The van der Waals surface area contributed by atoms with Crippen LogP contribution in [0.25, 0.3) is 10.9 Å². The zero-order valence-corrected chi connectivity index (χ0v) is 13.7. The minimum atomic E-state index is 0.263. The van der Waals surface area contributed by atoms with Crippen LogP contribution < -0.4 is 0 Å². The standard InChI is InChI=1S/C18H24N4O/c1-20-8-10-21(11-9-20)13-18(23)22-7-6-15-14-4-2-3-5-16(14)19-17(15)12-22/h2-5,19H,6-13H2,1H3. The molecule has 23 heavy (non-hydrogen) atoms. The summed E-state index contributed by atoms with van der Waals surface area (Å²) in [5.74, 6) is 0.263. The van der Waals surface area contributed by atoms with Gasteiger partial charge < -0.3 is 14.8 Å². The van der Waals surface area contributed by atoms with Gasteiger partial charge in [-0.3, -0.25) is 9.69 Å². The predicted octanol–water partition coefficient (Wildman–Crippen LogP) is 1.30. The number of piperazine rings is 1. The number of para-hydroxylation sites is 1. The molecule has 0 radical (unpaired) electrons. The molecule has 2 aromatic rings. The molecule has 0 bridgehead atoms. The number of nitrogens with zero attached hydrogens (tertiary/aromatic N) is 3. The molecule has 0 atom stereocenters. The van der Waals surface area contributed by atoms with Crippen molar-refractivity contribution in [3.05, 3.63) is 35.5 Å². The van der Waals surface area contributed by atoms with Crippen molar-refractivity contribution >= 4 is 16.8 Å². The van der Waals surface area contributed by atoms with E-state index < -0.39 is 0 Å². The fourth-order valence-corrected chi connectivity index (χ4v) is 3.70. The largest absolute Gasteiger partial charge is 0.357 e. The van der Waals surface area contributed by atoms with Crippen LogP contribution in [0.3, 0.4) is 0 Å². The lowest BCUT2D eigenvalue weighted by atomic mass is 10.0. The molecular weight excluding hydrogens is 288 g/mol. The first kappa shape index (κ1) is 14.7. The molecule has 0 saturated carbocycles. The van der Waals surface area contributed by atoms with Crippen LogP contribution in [0.1, 0.15) is 11.3 Å². The lowest BCUT2D eigenvalue weighted by Crippen LogP contribution is -2.49. The molecule has 3 heterocycles. The SMILES string of the molecule is CN1CCN(CC(=O)N2CCc3c([nH]c4ccccc34)C2)CC1. The fourth-order valence-electron chi connectivity index (χ4n) is 3.70. The summed E-state index contributed by atoms with van der Waals surface area (Å²) in [7, 11) is 2.14. The number of H-pyrrole nitrogens is 1. The van der Waals surface area contributed by atoms with E-state index >= 15 is 0 Å². The lowest BCUT2D eigenvalue weighted by molar-refractivity contribution is -0.133. The van der Waals surface area contributed by atoms with Crippen molar-refractivity contribution in [1.82, 2.24) is 19.7 Å². The maximum Gasteiger partial charge on any atom is 0.237 e. The summed E-state index contributed by atoms with van der Waals surface area (Å²) >= 11 is 0. The third-order valence-corrected chi connectivity index (χ3v) is 5.19. The van der Waals surface area contributed by atoms with Gasteiger partial charge in [0.15, 0.2) is 0 Å². The Morgan fingerprint density at radius 3 is 2.74 bits per heavy atom. The van der Waals surface area contributed by atoms with Gasteiger partial charge in [-0.15, -0.1) is 0 Å². The molecule has 0 unspecified atom stereocenters. The maximum absolute atomic E-state index is 12.6. The minimum absolute atomic E-state index is 0.263. The van der Waals surface area contributed by atoms with Crippen LogP contribution in [-0.4, -0.2) is 71.9 Å². The van der Waals surface area contributed by atoms with Gasteiger partial charge in [0.2, 0.25) is 5.91 Å². The van der Waals surface area contributed by atoms with Gasteiger partial charge in [-0.25, -0.2) is 0 Å². The van der Waals surface area contributed by atoms with E-state index in [4.69, 9.17) is 0 Å². The van der Waals surface area contributed by atoms with Gasteiger partial charge in [-0.05, 0) is 25.1 Å². The van der Waals surface area contributed by atoms with Crippen molar-refractivity contribution in [2.45, 2.75) is 13.0 Å². The molecule has 0 aliphatic carbocycles. The molecule has 2 aliphatic rings. The van der Waals surface area contributed by atoms with Crippen LogP contribution in [0.5, 0.6) is 0 Å². The number of likely N-dealkylation sites (N-methyl/N-ethyl adjacent to an activating group) is 1. The summed E-state index contributed by atoms with van der Waals surface area (Å²) in [6.07, 6.45) is 0.952. The van der Waals surface area contributed by atoms with Crippen molar-refractivity contribution in [2.24, 2.45) is 0 Å². The summed E-state index contributed by atoms with van der Waals surface area (Å²) in [6, 6.07) is 8.43. The minimum Gasteiger partial charge on any atom is -0.357 e. The summed E-state index contributed by atoms with van der Waals surface area (Å²) in [6.45, 7) is 6.21. The van der Waals surface area contributed by atoms with Gasteiger partial charge >= 0.3 is 0 Å². The highest BCUT2D eigenvalue weighted by Crippen LogP contribution is 2.27. The molecule has 0 spiro atoms. The van der Waals surface area contributed by atoms with Crippen molar-refractivity contribution < 1.29 is 4.79 Å². The van der Waals surface area contributed by atoms with E-state index in [1.165, 1.54) is 22.2 Å². The van der Waals surface area contributed by atoms with Crippen molar-refractivity contribution in [3.8, 4) is 0 Å². The van der Waals surface area contributed by atoms with E-state index in [1.54, 1.807) is 0 Å². The van der Waals surface area contributed by atoms with Crippen LogP contribution in [0, 0.1) is 0 Å². The van der Waals surface area contributed by atoms with E-state index in [2.05, 4.69) is 46.1 Å². The maximum atomic E-state index is 12.6. The first-order valence-corrected chi connectivity index (χ1v) is 8.48. The molecule has 5 heteroatoms. The predicted molar refractivity (Wildman–Crippen MR) is 91.4 cm³/mol. The van der Waals surface area contributed by atoms with Crippen molar-refractivity contribution in [3.63, 3.8) is 0 Å². The first-order chi connectivity index (χ1) is 11.2. The number of rotatable bonds is 2. The number of fused-ring (bicyclic) bond motifs is 3. The number of hydrogen-bond acceptors (Lipinski definition) is 3. The summed E-state index contributed by atoms with van der Waals surface area (Å²) in [4.78, 5) is 22.7. The summed E-state index contributed by atoms with van der Waals surface area (Å²) in [5, 5.41) is 1.31. The van der Waals surface area contributed by atoms with Crippen LogP contribution >= 0.6 is 0 Å². The van der Waals surface area contributed by atoms with Gasteiger partial charge in [0, 0.05) is 49.3 Å². The molecule has 1 saturated heterocycles. The smallest absolute Gasteiger partial charge is 0.237 e. The molecule has 4 rings (SSSR count). The molecule has 1 N–H and O–H groups in total. The van der Waals surface area contributed by atoms with Crippen LogP contribution in [0.15, 0.2) is 24.3 Å². The molecule has 122 valence electrons. The summed E-state index contributed by atoms with van der Waals surface area (Å²) in [5.41, 5.74) is 3.79. The Kier molecular flexibility index (Phi) is 3.83. The molecule has 1 amide bonds. The number of nitrogens with one attached hydrogen (secondary N) is 1. The van der Waals surface area contributed by atoms with Crippen LogP contribution in [-0.2, 0) is 17.8 Å². The number of aromatic nitrogens is 1. The highest BCUT2D eigenvalue weighted by Gasteiger charge is 2.25. The topological polar surface area (TPSA) is 42.6 Å². The third kappa shape index (κ3) is 2.86. The normalized spacial score (nSPS) is 20.0. The Balaban J connectivity index is 1.44. The third-order valence-electron chi connectivity index (χ3n) is 5.19. The number of benzene rings is 1. The Labute approximate surface area is 136 Å². The quantitative estimate of drug-likeness (QED) is 0.909. The van der Waals surface area contributed by atoms with E-state index in [9.17, 15) is 4.79 Å².